The van der Waals surface area contributed by atoms with Crippen LogP contribution in [0.2, 0.25) is 0 Å². The van der Waals surface area contributed by atoms with E-state index < -0.39 is 10.0 Å². The van der Waals surface area contributed by atoms with Gasteiger partial charge in [-0.25, -0.2) is 8.42 Å². The van der Waals surface area contributed by atoms with Gasteiger partial charge in [-0.1, -0.05) is 30.3 Å². The molecule has 6 heteroatoms. The summed E-state index contributed by atoms with van der Waals surface area (Å²) in [7, 11) is -3.42. The molecule has 0 aromatic heterocycles. The Kier molecular flexibility index (Phi) is 5.30. The summed E-state index contributed by atoms with van der Waals surface area (Å²) in [6, 6.07) is 16.5. The minimum Gasteiger partial charge on any atom is -0.489 e. The van der Waals surface area contributed by atoms with Gasteiger partial charge in [0.1, 0.15) is 5.75 Å². The molecule has 1 fully saturated rings. The third-order valence-corrected chi connectivity index (χ3v) is 6.10. The van der Waals surface area contributed by atoms with E-state index in [4.69, 9.17) is 4.74 Å². The fraction of sp³-hybridized carbons (Fsp3) is 0.368. The Balaban J connectivity index is 1.73. The van der Waals surface area contributed by atoms with E-state index in [2.05, 4.69) is 4.90 Å². The zero-order chi connectivity index (χ0) is 17.9. The van der Waals surface area contributed by atoms with E-state index >= 15 is 0 Å². The lowest BCUT2D eigenvalue weighted by Crippen LogP contribution is -2.48. The van der Waals surface area contributed by atoms with Crippen molar-refractivity contribution in [1.82, 2.24) is 4.31 Å². The Hall–Kier alpha value is -2.05. The van der Waals surface area contributed by atoms with Gasteiger partial charge < -0.3 is 9.64 Å². The molecule has 25 heavy (non-hydrogen) atoms. The van der Waals surface area contributed by atoms with E-state index in [1.807, 2.05) is 44.2 Å². The second-order valence-electron chi connectivity index (χ2n) is 6.34. The van der Waals surface area contributed by atoms with Crippen LogP contribution in [0.15, 0.2) is 59.5 Å². The molecule has 2 aromatic rings. The van der Waals surface area contributed by atoms with Crippen molar-refractivity contribution in [3.63, 3.8) is 0 Å². The van der Waals surface area contributed by atoms with Crippen molar-refractivity contribution in [3.05, 3.63) is 54.6 Å². The van der Waals surface area contributed by atoms with Gasteiger partial charge in [-0.3, -0.25) is 0 Å². The van der Waals surface area contributed by atoms with Gasteiger partial charge in [0.25, 0.3) is 0 Å². The summed E-state index contributed by atoms with van der Waals surface area (Å²) < 4.78 is 32.9. The van der Waals surface area contributed by atoms with E-state index in [1.54, 1.807) is 28.6 Å². The summed E-state index contributed by atoms with van der Waals surface area (Å²) in [6.07, 6.45) is 0.0981. The Bertz CT molecular complexity index is 798. The predicted molar refractivity (Wildman–Crippen MR) is 99.6 cm³/mol. The zero-order valence-corrected chi connectivity index (χ0v) is 15.4. The maximum absolute atomic E-state index is 12.7. The second kappa shape index (κ2) is 7.45. The predicted octanol–water partition coefficient (Wildman–Crippen LogP) is 2.98. The maximum Gasteiger partial charge on any atom is 0.243 e. The monoisotopic (exact) mass is 360 g/mol. The van der Waals surface area contributed by atoms with E-state index in [-0.39, 0.29) is 6.10 Å². The van der Waals surface area contributed by atoms with Crippen LogP contribution >= 0.6 is 0 Å². The van der Waals surface area contributed by atoms with Gasteiger partial charge in [-0.05, 0) is 38.1 Å². The number of piperazine rings is 1. The van der Waals surface area contributed by atoms with Gasteiger partial charge in [0.15, 0.2) is 0 Å². The summed E-state index contributed by atoms with van der Waals surface area (Å²) in [4.78, 5) is 2.54. The van der Waals surface area contributed by atoms with Crippen molar-refractivity contribution in [2.24, 2.45) is 0 Å². The summed E-state index contributed by atoms with van der Waals surface area (Å²) in [5.41, 5.74) is 1.02. The lowest BCUT2D eigenvalue weighted by Gasteiger charge is -2.36. The molecular weight excluding hydrogens is 336 g/mol. The molecule has 3 rings (SSSR count). The molecule has 0 unspecified atom stereocenters. The molecule has 1 aliphatic rings. The van der Waals surface area contributed by atoms with E-state index in [9.17, 15) is 8.42 Å². The Morgan fingerprint density at radius 2 is 1.48 bits per heavy atom. The van der Waals surface area contributed by atoms with Crippen LogP contribution in [0.1, 0.15) is 13.8 Å². The minimum atomic E-state index is -3.42. The van der Waals surface area contributed by atoms with Crippen LogP contribution in [0.4, 0.5) is 5.69 Å². The number of hydrogen-bond donors (Lipinski definition) is 0. The Labute approximate surface area is 149 Å². The molecule has 0 saturated carbocycles. The van der Waals surface area contributed by atoms with Crippen LogP contribution < -0.4 is 9.64 Å². The van der Waals surface area contributed by atoms with Crippen molar-refractivity contribution >= 4 is 15.7 Å². The average Bonchev–Trinajstić information content (AvgIpc) is 2.62. The summed E-state index contributed by atoms with van der Waals surface area (Å²) >= 11 is 0. The highest BCUT2D eigenvalue weighted by molar-refractivity contribution is 7.89. The topological polar surface area (TPSA) is 49.9 Å². The number of para-hydroxylation sites is 2. The van der Waals surface area contributed by atoms with E-state index in [1.165, 1.54) is 0 Å². The average molecular weight is 360 g/mol. The van der Waals surface area contributed by atoms with Crippen LogP contribution in [0, 0.1) is 0 Å². The molecule has 0 atom stereocenters. The lowest BCUT2D eigenvalue weighted by atomic mass is 10.2. The molecule has 0 N–H and O–H groups in total. The van der Waals surface area contributed by atoms with Crippen LogP contribution in [-0.4, -0.2) is 45.0 Å². The number of anilines is 1. The quantitative estimate of drug-likeness (QED) is 0.822. The van der Waals surface area contributed by atoms with Crippen molar-refractivity contribution in [3.8, 4) is 5.75 Å². The molecule has 0 radical (unpaired) electrons. The highest BCUT2D eigenvalue weighted by Gasteiger charge is 2.29. The highest BCUT2D eigenvalue weighted by atomic mass is 32.2. The zero-order valence-electron chi connectivity index (χ0n) is 14.6. The molecule has 1 aliphatic heterocycles. The summed E-state index contributed by atoms with van der Waals surface area (Å²) in [6.45, 7) is 6.22. The number of rotatable bonds is 5. The van der Waals surface area contributed by atoms with Crippen molar-refractivity contribution in [1.29, 1.82) is 0 Å². The third kappa shape index (κ3) is 3.96. The first-order valence-corrected chi connectivity index (χ1v) is 9.98. The van der Waals surface area contributed by atoms with E-state index in [0.717, 1.165) is 11.4 Å². The van der Waals surface area contributed by atoms with Crippen LogP contribution in [0.5, 0.6) is 5.75 Å². The molecular formula is C19H24N2O3S. The molecule has 0 aliphatic carbocycles. The first kappa shape index (κ1) is 17.8. The molecule has 0 bridgehead atoms. The number of ether oxygens (including phenoxy) is 1. The summed E-state index contributed by atoms with van der Waals surface area (Å²) in [5, 5.41) is 0. The third-order valence-electron chi connectivity index (χ3n) is 4.19. The molecule has 1 saturated heterocycles. The van der Waals surface area contributed by atoms with Gasteiger partial charge in [0.05, 0.1) is 16.7 Å². The van der Waals surface area contributed by atoms with Crippen molar-refractivity contribution in [2.75, 3.05) is 31.1 Å². The summed E-state index contributed by atoms with van der Waals surface area (Å²) in [5.74, 6) is 0.844. The van der Waals surface area contributed by atoms with Gasteiger partial charge in [0, 0.05) is 26.2 Å². The first-order valence-electron chi connectivity index (χ1n) is 8.54. The Morgan fingerprint density at radius 1 is 0.880 bits per heavy atom. The molecule has 1 heterocycles. The van der Waals surface area contributed by atoms with Gasteiger partial charge in [-0.15, -0.1) is 0 Å². The molecule has 5 nitrogen and oxygen atoms in total. The second-order valence-corrected chi connectivity index (χ2v) is 8.28. The smallest absolute Gasteiger partial charge is 0.243 e. The normalized spacial score (nSPS) is 16.2. The van der Waals surface area contributed by atoms with Crippen LogP contribution in [-0.2, 0) is 10.0 Å². The van der Waals surface area contributed by atoms with Gasteiger partial charge in [-0.2, -0.15) is 4.31 Å². The van der Waals surface area contributed by atoms with Crippen LogP contribution in [0.3, 0.4) is 0 Å². The number of nitrogens with zero attached hydrogens (tertiary/aromatic N) is 2. The largest absolute Gasteiger partial charge is 0.489 e. The van der Waals surface area contributed by atoms with E-state index in [0.29, 0.717) is 31.1 Å². The van der Waals surface area contributed by atoms with Crippen LogP contribution in [0.25, 0.3) is 0 Å². The van der Waals surface area contributed by atoms with Gasteiger partial charge in [0.2, 0.25) is 10.0 Å². The molecule has 0 spiro atoms. The molecule has 0 amide bonds. The molecule has 2 aromatic carbocycles. The lowest BCUT2D eigenvalue weighted by molar-refractivity contribution is 0.242. The fourth-order valence-electron chi connectivity index (χ4n) is 2.98. The Morgan fingerprint density at radius 3 is 2.12 bits per heavy atom. The minimum absolute atomic E-state index is 0.0981. The maximum atomic E-state index is 12.7. The van der Waals surface area contributed by atoms with Gasteiger partial charge >= 0.3 is 0 Å². The SMILES string of the molecule is CC(C)Oc1ccccc1N1CCN(S(=O)(=O)c2ccccc2)CC1. The number of hydrogen-bond acceptors (Lipinski definition) is 4. The standard InChI is InChI=1S/C19H24N2O3S/c1-16(2)24-19-11-7-6-10-18(19)20-12-14-21(15-13-20)25(22,23)17-8-4-3-5-9-17/h3-11,16H,12-15H2,1-2H3. The first-order chi connectivity index (χ1) is 12.0. The van der Waals surface area contributed by atoms with Crippen molar-refractivity contribution < 1.29 is 13.2 Å². The number of sulfonamides is 1. The number of benzene rings is 2. The molecule has 134 valence electrons. The van der Waals surface area contributed by atoms with Crippen molar-refractivity contribution in [2.45, 2.75) is 24.8 Å². The highest BCUT2D eigenvalue weighted by Crippen LogP contribution is 2.30. The fourth-order valence-corrected chi connectivity index (χ4v) is 4.43.